The van der Waals surface area contributed by atoms with Gasteiger partial charge in [0.15, 0.2) is 0 Å². The molecule has 0 aromatic heterocycles. The van der Waals surface area contributed by atoms with Gasteiger partial charge >= 0.3 is 6.03 Å². The number of nitrogens with one attached hydrogen (secondary N) is 2. The minimum absolute atomic E-state index is 0.277. The summed E-state index contributed by atoms with van der Waals surface area (Å²) in [5.41, 5.74) is 2.47. The van der Waals surface area contributed by atoms with Crippen LogP contribution in [-0.2, 0) is 0 Å². The van der Waals surface area contributed by atoms with Gasteiger partial charge in [0.25, 0.3) is 0 Å². The number of hydrogen-bond donors (Lipinski definition) is 2. The number of carbonyl (C=O) groups is 1. The Morgan fingerprint density at radius 3 is 2.40 bits per heavy atom. The molecule has 5 heteroatoms. The Morgan fingerprint density at radius 2 is 1.80 bits per heavy atom. The highest BCUT2D eigenvalue weighted by atomic mass is 79.9. The highest BCUT2D eigenvalue weighted by Crippen LogP contribution is 2.20. The van der Waals surface area contributed by atoms with E-state index in [1.54, 1.807) is 31.4 Å². The van der Waals surface area contributed by atoms with Crippen LogP contribution in [0, 0.1) is 6.92 Å². The normalized spacial score (nSPS) is 9.95. The smallest absolute Gasteiger partial charge is 0.323 e. The number of rotatable bonds is 3. The molecule has 2 amide bonds. The molecule has 0 aliphatic heterocycles. The standard InChI is InChI=1S/C15H15BrN2O2/c1-10-9-11(16)3-8-14(10)18-15(19)17-12-4-6-13(20-2)7-5-12/h3-9H,1-2H3,(H2,17,18,19). The van der Waals surface area contributed by atoms with E-state index in [0.717, 1.165) is 21.5 Å². The summed E-state index contributed by atoms with van der Waals surface area (Å²) < 4.78 is 6.05. The number of aryl methyl sites for hydroxylation is 1. The Bertz CT molecular complexity index is 612. The van der Waals surface area contributed by atoms with Crippen LogP contribution in [0.1, 0.15) is 5.56 Å². The first-order chi connectivity index (χ1) is 9.58. The van der Waals surface area contributed by atoms with E-state index in [1.165, 1.54) is 0 Å². The van der Waals surface area contributed by atoms with Crippen LogP contribution in [0.2, 0.25) is 0 Å². The van der Waals surface area contributed by atoms with Crippen molar-refractivity contribution in [1.82, 2.24) is 0 Å². The SMILES string of the molecule is COc1ccc(NC(=O)Nc2ccc(Br)cc2C)cc1. The lowest BCUT2D eigenvalue weighted by molar-refractivity contribution is 0.262. The van der Waals surface area contributed by atoms with E-state index in [2.05, 4.69) is 26.6 Å². The first-order valence-corrected chi connectivity index (χ1v) is 6.86. The van der Waals surface area contributed by atoms with Gasteiger partial charge in [-0.15, -0.1) is 0 Å². The molecule has 0 spiro atoms. The molecular weight excluding hydrogens is 320 g/mol. The summed E-state index contributed by atoms with van der Waals surface area (Å²) in [6.07, 6.45) is 0. The van der Waals surface area contributed by atoms with Gasteiger partial charge in [-0.2, -0.15) is 0 Å². The van der Waals surface area contributed by atoms with Crippen LogP contribution < -0.4 is 15.4 Å². The van der Waals surface area contributed by atoms with Crippen molar-refractivity contribution in [2.24, 2.45) is 0 Å². The molecule has 0 atom stereocenters. The number of halogens is 1. The van der Waals surface area contributed by atoms with Crippen LogP contribution in [-0.4, -0.2) is 13.1 Å². The first kappa shape index (κ1) is 14.4. The maximum Gasteiger partial charge on any atom is 0.323 e. The molecule has 104 valence electrons. The van der Waals surface area contributed by atoms with Gasteiger partial charge in [-0.05, 0) is 55.0 Å². The number of urea groups is 1. The van der Waals surface area contributed by atoms with Crippen molar-refractivity contribution >= 4 is 33.3 Å². The third kappa shape index (κ3) is 3.74. The summed E-state index contributed by atoms with van der Waals surface area (Å²) >= 11 is 3.39. The quantitative estimate of drug-likeness (QED) is 0.873. The van der Waals surface area contributed by atoms with Gasteiger partial charge < -0.3 is 15.4 Å². The van der Waals surface area contributed by atoms with Crippen molar-refractivity contribution in [1.29, 1.82) is 0 Å². The van der Waals surface area contributed by atoms with E-state index in [1.807, 2.05) is 25.1 Å². The van der Waals surface area contributed by atoms with Gasteiger partial charge in [0, 0.05) is 15.8 Å². The zero-order valence-corrected chi connectivity index (χ0v) is 12.8. The summed E-state index contributed by atoms with van der Waals surface area (Å²) in [5, 5.41) is 5.58. The van der Waals surface area contributed by atoms with Crippen LogP contribution >= 0.6 is 15.9 Å². The fourth-order valence-electron chi connectivity index (χ4n) is 1.73. The molecule has 2 aromatic carbocycles. The van der Waals surface area contributed by atoms with Crippen LogP contribution in [0.25, 0.3) is 0 Å². The van der Waals surface area contributed by atoms with Crippen LogP contribution in [0.4, 0.5) is 16.2 Å². The lowest BCUT2D eigenvalue weighted by atomic mass is 10.2. The maximum absolute atomic E-state index is 11.9. The van der Waals surface area contributed by atoms with Crippen molar-refractivity contribution in [3.05, 3.63) is 52.5 Å². The topological polar surface area (TPSA) is 50.4 Å². The predicted molar refractivity (Wildman–Crippen MR) is 84.5 cm³/mol. The zero-order chi connectivity index (χ0) is 14.5. The summed E-state index contributed by atoms with van der Waals surface area (Å²) in [7, 11) is 1.60. The first-order valence-electron chi connectivity index (χ1n) is 6.06. The molecule has 4 nitrogen and oxygen atoms in total. The molecule has 0 aliphatic carbocycles. The van der Waals surface area contributed by atoms with Crippen molar-refractivity contribution < 1.29 is 9.53 Å². The molecule has 2 rings (SSSR count). The van der Waals surface area contributed by atoms with Crippen molar-refractivity contribution in [3.8, 4) is 5.75 Å². The summed E-state index contributed by atoms with van der Waals surface area (Å²) in [4.78, 5) is 11.9. The highest BCUT2D eigenvalue weighted by Gasteiger charge is 2.05. The van der Waals surface area contributed by atoms with Crippen LogP contribution in [0.15, 0.2) is 46.9 Å². The molecule has 0 bridgehead atoms. The number of carbonyl (C=O) groups excluding carboxylic acids is 1. The molecule has 0 saturated carbocycles. The second-order valence-corrected chi connectivity index (χ2v) is 5.18. The third-order valence-corrected chi connectivity index (χ3v) is 3.28. The second kappa shape index (κ2) is 6.43. The average molecular weight is 335 g/mol. The van der Waals surface area contributed by atoms with Gasteiger partial charge in [-0.3, -0.25) is 0 Å². The van der Waals surface area contributed by atoms with Gasteiger partial charge in [0.05, 0.1) is 7.11 Å². The fourth-order valence-corrected chi connectivity index (χ4v) is 2.20. The molecule has 2 aromatic rings. The second-order valence-electron chi connectivity index (χ2n) is 4.27. The average Bonchev–Trinajstić information content (AvgIpc) is 2.43. The lowest BCUT2D eigenvalue weighted by Crippen LogP contribution is -2.19. The number of anilines is 2. The lowest BCUT2D eigenvalue weighted by Gasteiger charge is -2.10. The van der Waals surface area contributed by atoms with Gasteiger partial charge in [-0.25, -0.2) is 4.79 Å². The molecule has 0 saturated heterocycles. The maximum atomic E-state index is 11.9. The predicted octanol–water partition coefficient (Wildman–Crippen LogP) is 4.41. The Balaban J connectivity index is 2.01. The number of hydrogen-bond acceptors (Lipinski definition) is 2. The molecule has 0 aliphatic rings. The van der Waals surface area contributed by atoms with Crippen LogP contribution in [0.5, 0.6) is 5.75 Å². The minimum Gasteiger partial charge on any atom is -0.497 e. The molecule has 20 heavy (non-hydrogen) atoms. The van der Waals surface area contributed by atoms with E-state index in [-0.39, 0.29) is 6.03 Å². The van der Waals surface area contributed by atoms with Gasteiger partial charge in [0.1, 0.15) is 5.75 Å². The Hall–Kier alpha value is -2.01. The van der Waals surface area contributed by atoms with Gasteiger partial charge in [-0.1, -0.05) is 15.9 Å². The zero-order valence-electron chi connectivity index (χ0n) is 11.2. The number of ether oxygens (including phenoxy) is 1. The molecule has 0 heterocycles. The van der Waals surface area contributed by atoms with E-state index >= 15 is 0 Å². The summed E-state index contributed by atoms with van der Waals surface area (Å²) in [6, 6.07) is 12.6. The minimum atomic E-state index is -0.277. The highest BCUT2D eigenvalue weighted by molar-refractivity contribution is 9.10. The third-order valence-electron chi connectivity index (χ3n) is 2.78. The van der Waals surface area contributed by atoms with E-state index < -0.39 is 0 Å². The summed E-state index contributed by atoms with van der Waals surface area (Å²) in [6.45, 7) is 1.94. The molecule has 0 radical (unpaired) electrons. The van der Waals surface area contributed by atoms with Crippen molar-refractivity contribution in [2.75, 3.05) is 17.7 Å². The van der Waals surface area contributed by atoms with Gasteiger partial charge in [0.2, 0.25) is 0 Å². The molecule has 0 unspecified atom stereocenters. The summed E-state index contributed by atoms with van der Waals surface area (Å²) in [5.74, 6) is 0.750. The Labute approximate surface area is 126 Å². The Kier molecular flexibility index (Phi) is 4.63. The number of amides is 2. The van der Waals surface area contributed by atoms with Crippen LogP contribution in [0.3, 0.4) is 0 Å². The van der Waals surface area contributed by atoms with Crippen molar-refractivity contribution in [2.45, 2.75) is 6.92 Å². The monoisotopic (exact) mass is 334 g/mol. The number of methoxy groups -OCH3 is 1. The molecular formula is C15H15BrN2O2. The number of benzene rings is 2. The fraction of sp³-hybridized carbons (Fsp3) is 0.133. The van der Waals surface area contributed by atoms with E-state index in [0.29, 0.717) is 5.69 Å². The Morgan fingerprint density at radius 1 is 1.10 bits per heavy atom. The largest absolute Gasteiger partial charge is 0.497 e. The van der Waals surface area contributed by atoms with Crippen molar-refractivity contribution in [3.63, 3.8) is 0 Å². The van der Waals surface area contributed by atoms with E-state index in [4.69, 9.17) is 4.74 Å². The molecule has 0 fully saturated rings. The molecule has 2 N–H and O–H groups in total. The van der Waals surface area contributed by atoms with E-state index in [9.17, 15) is 4.79 Å².